The number of hydrogen-bond donors (Lipinski definition) is 3. The molecular weight excluding hydrogens is 547 g/mol. The molecule has 1 spiro atoms. The van der Waals surface area contributed by atoms with Crippen LogP contribution >= 0.6 is 0 Å². The average molecular weight is 578 g/mol. The Labute approximate surface area is 240 Å². The van der Waals surface area contributed by atoms with Gasteiger partial charge in [0.15, 0.2) is 0 Å². The van der Waals surface area contributed by atoms with Gasteiger partial charge in [-0.3, -0.25) is 9.89 Å². The lowest BCUT2D eigenvalue weighted by atomic mass is 9.91. The number of nitrogens with zero attached hydrogens (tertiary/aromatic N) is 3. The van der Waals surface area contributed by atoms with Gasteiger partial charge >= 0.3 is 12.1 Å². The predicted molar refractivity (Wildman–Crippen MR) is 154 cm³/mol. The lowest BCUT2D eigenvalue weighted by molar-refractivity contribution is -0.192. The molecule has 3 aliphatic rings. The van der Waals surface area contributed by atoms with Gasteiger partial charge in [-0.2, -0.15) is 18.3 Å². The molecule has 1 aliphatic carbocycles. The molecule has 3 aromatic carbocycles. The molecule has 218 valence electrons. The van der Waals surface area contributed by atoms with Crippen molar-refractivity contribution >= 4 is 34.2 Å². The second kappa shape index (κ2) is 10.2. The molecule has 8 nitrogen and oxygen atoms in total. The summed E-state index contributed by atoms with van der Waals surface area (Å²) in [5, 5.41) is 19.3. The lowest BCUT2D eigenvalue weighted by Crippen LogP contribution is -2.44. The smallest absolute Gasteiger partial charge is 0.475 e. The van der Waals surface area contributed by atoms with Gasteiger partial charge in [-0.1, -0.05) is 42.0 Å². The van der Waals surface area contributed by atoms with Gasteiger partial charge in [0.25, 0.3) is 0 Å². The number of alkyl halides is 3. The van der Waals surface area contributed by atoms with E-state index >= 15 is 0 Å². The summed E-state index contributed by atoms with van der Waals surface area (Å²) in [6.07, 6.45) is -4.23. The Balaban J connectivity index is 0.000000405. The molecule has 1 unspecified atom stereocenters. The number of carbonyl (C=O) groups is 2. The zero-order valence-corrected chi connectivity index (χ0v) is 23.1. The van der Waals surface area contributed by atoms with Gasteiger partial charge in [0.1, 0.15) is 0 Å². The van der Waals surface area contributed by atoms with E-state index in [4.69, 9.17) is 9.90 Å². The van der Waals surface area contributed by atoms with Gasteiger partial charge in [-0.25, -0.2) is 4.79 Å². The van der Waals surface area contributed by atoms with Crippen LogP contribution in [0.1, 0.15) is 29.0 Å². The molecule has 2 aliphatic heterocycles. The fourth-order valence-corrected chi connectivity index (χ4v) is 6.08. The highest BCUT2D eigenvalue weighted by Crippen LogP contribution is 2.65. The molecule has 42 heavy (non-hydrogen) atoms. The summed E-state index contributed by atoms with van der Waals surface area (Å²) >= 11 is 0. The molecule has 11 heteroatoms. The molecular formula is C31H30F3N5O3. The first-order valence-electron chi connectivity index (χ1n) is 13.7. The van der Waals surface area contributed by atoms with E-state index in [0.29, 0.717) is 0 Å². The first-order chi connectivity index (χ1) is 20.0. The van der Waals surface area contributed by atoms with Crippen molar-refractivity contribution in [3.05, 3.63) is 77.4 Å². The highest BCUT2D eigenvalue weighted by Gasteiger charge is 2.65. The number of anilines is 2. The van der Waals surface area contributed by atoms with Crippen molar-refractivity contribution in [2.24, 2.45) is 0 Å². The van der Waals surface area contributed by atoms with E-state index in [0.717, 1.165) is 66.0 Å². The van der Waals surface area contributed by atoms with Gasteiger partial charge in [0.2, 0.25) is 5.91 Å². The fourth-order valence-electron chi connectivity index (χ4n) is 6.08. The molecule has 1 aromatic heterocycles. The van der Waals surface area contributed by atoms with Gasteiger partial charge in [0, 0.05) is 54.4 Å². The van der Waals surface area contributed by atoms with Crippen molar-refractivity contribution in [1.29, 1.82) is 0 Å². The average Bonchev–Trinajstić information content (AvgIpc) is 3.49. The molecule has 0 radical (unpaired) electrons. The fraction of sp³-hybridized carbons (Fsp3) is 0.323. The first-order valence-corrected chi connectivity index (χ1v) is 13.7. The van der Waals surface area contributed by atoms with E-state index in [2.05, 4.69) is 93.9 Å². The monoisotopic (exact) mass is 577 g/mol. The number of rotatable bonds is 3. The molecule has 7 rings (SSSR count). The Morgan fingerprint density at radius 1 is 1.02 bits per heavy atom. The minimum atomic E-state index is -5.08. The second-order valence-electron chi connectivity index (χ2n) is 11.2. The number of carbonyl (C=O) groups excluding carboxylic acids is 1. The van der Waals surface area contributed by atoms with Gasteiger partial charge < -0.3 is 20.2 Å². The zero-order chi connectivity index (χ0) is 29.8. The third-order valence-electron chi connectivity index (χ3n) is 8.51. The molecule has 2 atom stereocenters. The van der Waals surface area contributed by atoms with Crippen LogP contribution in [0, 0.1) is 6.92 Å². The number of aromatic amines is 1. The number of piperazine rings is 1. The highest BCUT2D eigenvalue weighted by molar-refractivity contribution is 6.10. The number of carboxylic acid groups (broad SMARTS) is 1. The van der Waals surface area contributed by atoms with Crippen LogP contribution in [0.3, 0.4) is 0 Å². The Morgan fingerprint density at radius 2 is 1.71 bits per heavy atom. The van der Waals surface area contributed by atoms with Crippen molar-refractivity contribution in [1.82, 2.24) is 15.1 Å². The Bertz CT molecular complexity index is 1680. The maximum Gasteiger partial charge on any atom is 0.490 e. The Morgan fingerprint density at radius 3 is 2.38 bits per heavy atom. The first kappa shape index (κ1) is 27.8. The van der Waals surface area contributed by atoms with Crippen LogP contribution in [-0.4, -0.2) is 71.5 Å². The van der Waals surface area contributed by atoms with Crippen LogP contribution < -0.4 is 10.2 Å². The van der Waals surface area contributed by atoms with E-state index < -0.39 is 17.6 Å². The van der Waals surface area contributed by atoms with Crippen molar-refractivity contribution in [2.45, 2.75) is 30.9 Å². The summed E-state index contributed by atoms with van der Waals surface area (Å²) in [5.74, 6) is -2.42. The molecule has 0 bridgehead atoms. The second-order valence-corrected chi connectivity index (χ2v) is 11.2. The maximum atomic E-state index is 13.0. The standard InChI is InChI=1S/C29H29N5O.C2HF3O2/c1-18-3-10-25-23(15-18)29(28(35)30-25)17-24(29)20-6-9-22-26(16-20)31-32-27(22)19-4-7-21(8-5-19)34-13-11-33(2)12-14-34;3-2(4,5)1(6)7/h3-10,15-16,24H,11-14,17H2,1-2H3,(H,30,35)(H,31,32);(H,6,7)/t24-,29?;/m0./s1. The molecule has 2 fully saturated rings. The number of nitrogens with one attached hydrogen (secondary N) is 2. The topological polar surface area (TPSA) is 102 Å². The molecule has 1 saturated carbocycles. The van der Waals surface area contributed by atoms with Gasteiger partial charge in [0.05, 0.1) is 16.6 Å². The van der Waals surface area contributed by atoms with Crippen LogP contribution in [0.5, 0.6) is 0 Å². The quantitative estimate of drug-likeness (QED) is 0.306. The number of halogens is 3. The predicted octanol–water partition coefficient (Wildman–Crippen LogP) is 5.30. The van der Waals surface area contributed by atoms with Gasteiger partial charge in [-0.15, -0.1) is 0 Å². The SMILES string of the molecule is Cc1ccc2c(c1)C1(C[C@H]1c1ccc3c(-c4ccc(N5CCN(C)CC5)cc4)n[nH]c3c1)C(=O)N2.O=C(O)C(F)(F)F. The number of aromatic nitrogens is 2. The summed E-state index contributed by atoms with van der Waals surface area (Å²) in [4.78, 5) is 26.7. The number of amides is 1. The van der Waals surface area contributed by atoms with E-state index in [1.807, 2.05) is 6.07 Å². The molecule has 1 saturated heterocycles. The number of fused-ring (bicyclic) bond motifs is 3. The van der Waals surface area contributed by atoms with Crippen LogP contribution in [0.25, 0.3) is 22.2 Å². The molecule has 3 N–H and O–H groups in total. The van der Waals surface area contributed by atoms with Gasteiger partial charge in [-0.05, 0) is 55.8 Å². The minimum absolute atomic E-state index is 0.133. The number of aliphatic carboxylic acids is 1. The van der Waals surface area contributed by atoms with E-state index in [1.54, 1.807) is 0 Å². The van der Waals surface area contributed by atoms with Crippen LogP contribution in [0.4, 0.5) is 24.5 Å². The van der Waals surface area contributed by atoms with Crippen LogP contribution in [0.15, 0.2) is 60.7 Å². The summed E-state index contributed by atoms with van der Waals surface area (Å²) in [6, 6.07) is 21.6. The Kier molecular flexibility index (Phi) is 6.72. The number of likely N-dealkylation sites (N-methyl/N-ethyl adjacent to an activating group) is 1. The Hall–Kier alpha value is -4.38. The number of carboxylic acids is 1. The van der Waals surface area contributed by atoms with Crippen molar-refractivity contribution in [2.75, 3.05) is 43.4 Å². The normalized spacial score (nSPS) is 21.6. The number of H-pyrrole nitrogens is 1. The number of hydrogen-bond acceptors (Lipinski definition) is 5. The van der Waals surface area contributed by atoms with Crippen LogP contribution in [0.2, 0.25) is 0 Å². The zero-order valence-electron chi connectivity index (χ0n) is 23.1. The lowest BCUT2D eigenvalue weighted by Gasteiger charge is -2.34. The van der Waals surface area contributed by atoms with E-state index in [-0.39, 0.29) is 11.8 Å². The largest absolute Gasteiger partial charge is 0.490 e. The third-order valence-corrected chi connectivity index (χ3v) is 8.51. The van der Waals surface area contributed by atoms with Crippen LogP contribution in [-0.2, 0) is 15.0 Å². The van der Waals surface area contributed by atoms with Crippen molar-refractivity contribution < 1.29 is 27.9 Å². The third kappa shape index (κ3) is 4.87. The van der Waals surface area contributed by atoms with Crippen molar-refractivity contribution in [3.8, 4) is 11.3 Å². The minimum Gasteiger partial charge on any atom is -0.475 e. The summed E-state index contributed by atoms with van der Waals surface area (Å²) < 4.78 is 31.7. The van der Waals surface area contributed by atoms with E-state index in [9.17, 15) is 18.0 Å². The van der Waals surface area contributed by atoms with Crippen molar-refractivity contribution in [3.63, 3.8) is 0 Å². The summed E-state index contributed by atoms with van der Waals surface area (Å²) in [7, 11) is 2.18. The maximum absolute atomic E-state index is 13.0. The molecule has 1 amide bonds. The number of aryl methyl sites for hydroxylation is 1. The molecule has 3 heterocycles. The highest BCUT2D eigenvalue weighted by atomic mass is 19.4. The summed E-state index contributed by atoms with van der Waals surface area (Å²) in [6.45, 7) is 6.42. The summed E-state index contributed by atoms with van der Waals surface area (Å²) in [5.41, 5.74) is 8.47. The number of benzene rings is 3. The molecule has 4 aromatic rings. The van der Waals surface area contributed by atoms with E-state index in [1.165, 1.54) is 16.8 Å².